The third kappa shape index (κ3) is 9.60. The average molecular weight is 429 g/mol. The quantitative estimate of drug-likeness (QED) is 0.424. The Balaban J connectivity index is 1.50. The molecule has 0 atom stereocenters. The second-order valence-electron chi connectivity index (χ2n) is 6.97. The predicted molar refractivity (Wildman–Crippen MR) is 121 cm³/mol. The van der Waals surface area contributed by atoms with Gasteiger partial charge in [0.05, 0.1) is 18.1 Å². The maximum absolute atomic E-state index is 11.9. The summed E-state index contributed by atoms with van der Waals surface area (Å²) in [4.78, 5) is 35.5. The van der Waals surface area contributed by atoms with Crippen LogP contribution in [0.1, 0.15) is 23.1 Å². The van der Waals surface area contributed by atoms with Crippen LogP contribution in [-0.2, 0) is 25.5 Å². The molecule has 0 saturated heterocycles. The summed E-state index contributed by atoms with van der Waals surface area (Å²) in [5.74, 6) is -0.396. The molecule has 2 N–H and O–H groups in total. The molecule has 7 heteroatoms. The molecule has 160 valence electrons. The highest BCUT2D eigenvalue weighted by molar-refractivity contribution is 8.00. The van der Waals surface area contributed by atoms with Gasteiger partial charge in [0.2, 0.25) is 11.8 Å². The molecule has 2 rings (SSSR count). The fourth-order valence-electron chi connectivity index (χ4n) is 2.64. The second-order valence-corrected chi connectivity index (χ2v) is 7.95. The Morgan fingerprint density at radius 3 is 2.43 bits per heavy atom. The van der Waals surface area contributed by atoms with Gasteiger partial charge in [-0.05, 0) is 43.5 Å². The van der Waals surface area contributed by atoms with Crippen LogP contribution in [0.5, 0.6) is 0 Å². The van der Waals surface area contributed by atoms with E-state index in [0.29, 0.717) is 12.8 Å². The third-order valence-corrected chi connectivity index (χ3v) is 5.11. The molecule has 0 aliphatic carbocycles. The molecule has 0 radical (unpaired) electrons. The molecular weight excluding hydrogens is 400 g/mol. The number of hydrogen-bond donors (Lipinski definition) is 2. The van der Waals surface area contributed by atoms with Gasteiger partial charge in [0.25, 0.3) is 0 Å². The number of thioether (sulfide) groups is 1. The Bertz CT molecular complexity index is 853. The van der Waals surface area contributed by atoms with Gasteiger partial charge in [-0.25, -0.2) is 0 Å². The minimum absolute atomic E-state index is 0.0752. The standard InChI is InChI=1S/C23H28N2O4S/c1-17-6-8-19(9-7-17)10-11-21(26)24-12-13-29-23(28)16-30-15-22(27)25-20-5-3-4-18(2)14-20/h3-9,14H,10-13,15-16H2,1-2H3,(H,24,26)(H,25,27). The first-order valence-corrected chi connectivity index (χ1v) is 11.0. The normalized spacial score (nSPS) is 10.3. The molecule has 0 bridgehead atoms. The summed E-state index contributed by atoms with van der Waals surface area (Å²) >= 11 is 1.19. The van der Waals surface area contributed by atoms with Gasteiger partial charge in [-0.3, -0.25) is 14.4 Å². The SMILES string of the molecule is Cc1ccc(CCC(=O)NCCOC(=O)CSCC(=O)Nc2cccc(C)c2)cc1. The summed E-state index contributed by atoms with van der Waals surface area (Å²) in [6.45, 7) is 4.37. The molecule has 2 aromatic rings. The summed E-state index contributed by atoms with van der Waals surface area (Å²) in [6.07, 6.45) is 1.07. The Morgan fingerprint density at radius 1 is 0.933 bits per heavy atom. The number of aryl methyl sites for hydroxylation is 3. The third-order valence-electron chi connectivity index (χ3n) is 4.20. The second kappa shape index (κ2) is 12.7. The first-order chi connectivity index (χ1) is 14.4. The molecule has 0 heterocycles. The van der Waals surface area contributed by atoms with Gasteiger partial charge in [-0.1, -0.05) is 42.0 Å². The monoisotopic (exact) mass is 428 g/mol. The highest BCUT2D eigenvalue weighted by atomic mass is 32.2. The van der Waals surface area contributed by atoms with E-state index >= 15 is 0 Å². The van der Waals surface area contributed by atoms with Crippen molar-refractivity contribution in [1.29, 1.82) is 0 Å². The number of benzene rings is 2. The van der Waals surface area contributed by atoms with Crippen LogP contribution in [0.25, 0.3) is 0 Å². The lowest BCUT2D eigenvalue weighted by Crippen LogP contribution is -2.28. The summed E-state index contributed by atoms with van der Waals surface area (Å²) in [6, 6.07) is 15.6. The molecule has 0 unspecified atom stereocenters. The first-order valence-electron chi connectivity index (χ1n) is 9.84. The van der Waals surface area contributed by atoms with Crippen molar-refractivity contribution < 1.29 is 19.1 Å². The number of carbonyl (C=O) groups is 3. The molecule has 0 aliphatic heterocycles. The van der Waals surface area contributed by atoms with Crippen molar-refractivity contribution in [2.24, 2.45) is 0 Å². The molecule has 2 aromatic carbocycles. The minimum Gasteiger partial charge on any atom is -0.463 e. The Hall–Kier alpha value is -2.80. The van der Waals surface area contributed by atoms with Gasteiger partial charge in [0.15, 0.2) is 0 Å². The predicted octanol–water partition coefficient (Wildman–Crippen LogP) is 3.27. The van der Waals surface area contributed by atoms with Gasteiger partial charge < -0.3 is 15.4 Å². The molecule has 0 spiro atoms. The molecular formula is C23H28N2O4S. The van der Waals surface area contributed by atoms with Crippen LogP contribution < -0.4 is 10.6 Å². The van der Waals surface area contributed by atoms with Crippen molar-refractivity contribution in [3.05, 3.63) is 65.2 Å². The van der Waals surface area contributed by atoms with E-state index < -0.39 is 5.97 Å². The van der Waals surface area contributed by atoms with Gasteiger partial charge in [0.1, 0.15) is 6.61 Å². The summed E-state index contributed by atoms with van der Waals surface area (Å²) in [7, 11) is 0. The van der Waals surface area contributed by atoms with Gasteiger partial charge >= 0.3 is 5.97 Å². The number of hydrogen-bond acceptors (Lipinski definition) is 5. The van der Waals surface area contributed by atoms with E-state index in [1.54, 1.807) is 0 Å². The highest BCUT2D eigenvalue weighted by Crippen LogP contribution is 2.10. The van der Waals surface area contributed by atoms with E-state index in [-0.39, 0.29) is 36.5 Å². The van der Waals surface area contributed by atoms with Crippen molar-refractivity contribution in [3.63, 3.8) is 0 Å². The lowest BCUT2D eigenvalue weighted by Gasteiger charge is -2.08. The molecule has 6 nitrogen and oxygen atoms in total. The largest absolute Gasteiger partial charge is 0.463 e. The highest BCUT2D eigenvalue weighted by Gasteiger charge is 2.08. The van der Waals surface area contributed by atoms with Crippen LogP contribution in [0.3, 0.4) is 0 Å². The fourth-order valence-corrected chi connectivity index (χ4v) is 3.25. The van der Waals surface area contributed by atoms with Crippen molar-refractivity contribution in [3.8, 4) is 0 Å². The summed E-state index contributed by atoms with van der Waals surface area (Å²) < 4.78 is 5.08. The Labute approximate surface area is 181 Å². The van der Waals surface area contributed by atoms with E-state index in [1.165, 1.54) is 17.3 Å². The molecule has 2 amide bonds. The Kier molecular flexibility index (Phi) is 9.94. The maximum Gasteiger partial charge on any atom is 0.315 e. The van der Waals surface area contributed by atoms with Crippen molar-refractivity contribution in [2.75, 3.05) is 30.0 Å². The zero-order valence-electron chi connectivity index (χ0n) is 17.4. The van der Waals surface area contributed by atoms with E-state index in [9.17, 15) is 14.4 Å². The minimum atomic E-state index is -0.405. The lowest BCUT2D eigenvalue weighted by atomic mass is 10.1. The van der Waals surface area contributed by atoms with Crippen LogP contribution in [0.15, 0.2) is 48.5 Å². The van der Waals surface area contributed by atoms with E-state index in [4.69, 9.17) is 4.74 Å². The first kappa shape index (κ1) is 23.5. The summed E-state index contributed by atoms with van der Waals surface area (Å²) in [5.41, 5.74) is 4.10. The summed E-state index contributed by atoms with van der Waals surface area (Å²) in [5, 5.41) is 5.53. The average Bonchev–Trinajstić information content (AvgIpc) is 2.71. The smallest absolute Gasteiger partial charge is 0.315 e. The van der Waals surface area contributed by atoms with E-state index in [0.717, 1.165) is 16.8 Å². The van der Waals surface area contributed by atoms with E-state index in [1.807, 2.05) is 62.4 Å². The van der Waals surface area contributed by atoms with Crippen LogP contribution in [-0.4, -0.2) is 42.4 Å². The lowest BCUT2D eigenvalue weighted by molar-refractivity contribution is -0.140. The number of anilines is 1. The number of ether oxygens (including phenoxy) is 1. The van der Waals surface area contributed by atoms with Crippen molar-refractivity contribution in [2.45, 2.75) is 26.7 Å². The molecule has 0 aliphatic rings. The molecule has 0 fully saturated rings. The van der Waals surface area contributed by atoms with Crippen LogP contribution >= 0.6 is 11.8 Å². The van der Waals surface area contributed by atoms with Gasteiger partial charge in [-0.2, -0.15) is 0 Å². The van der Waals surface area contributed by atoms with Crippen LogP contribution in [0.2, 0.25) is 0 Å². The van der Waals surface area contributed by atoms with Crippen molar-refractivity contribution >= 4 is 35.2 Å². The number of esters is 1. The maximum atomic E-state index is 11.9. The van der Waals surface area contributed by atoms with Crippen LogP contribution in [0.4, 0.5) is 5.69 Å². The number of amides is 2. The number of nitrogens with one attached hydrogen (secondary N) is 2. The number of rotatable bonds is 11. The zero-order valence-corrected chi connectivity index (χ0v) is 18.2. The van der Waals surface area contributed by atoms with Crippen LogP contribution in [0, 0.1) is 13.8 Å². The molecule has 30 heavy (non-hydrogen) atoms. The topological polar surface area (TPSA) is 84.5 Å². The fraction of sp³-hybridized carbons (Fsp3) is 0.348. The number of carbonyl (C=O) groups excluding carboxylic acids is 3. The van der Waals surface area contributed by atoms with Gasteiger partial charge in [0, 0.05) is 12.1 Å². The molecule has 0 aromatic heterocycles. The Morgan fingerprint density at radius 2 is 1.70 bits per heavy atom. The molecule has 0 saturated carbocycles. The zero-order chi connectivity index (χ0) is 21.8. The van der Waals surface area contributed by atoms with Gasteiger partial charge in [-0.15, -0.1) is 11.8 Å². The van der Waals surface area contributed by atoms with E-state index in [2.05, 4.69) is 10.6 Å². The van der Waals surface area contributed by atoms with Crippen molar-refractivity contribution in [1.82, 2.24) is 5.32 Å².